The van der Waals surface area contributed by atoms with Crippen molar-refractivity contribution in [3.05, 3.63) is 64.9 Å². The number of halogens is 1. The predicted octanol–water partition coefficient (Wildman–Crippen LogP) is 3.00. The van der Waals surface area contributed by atoms with E-state index < -0.39 is 11.6 Å². The molecule has 1 saturated heterocycles. The van der Waals surface area contributed by atoms with Gasteiger partial charge in [0.2, 0.25) is 5.91 Å². The van der Waals surface area contributed by atoms with E-state index in [9.17, 15) is 14.7 Å². The first-order chi connectivity index (χ1) is 13.8. The van der Waals surface area contributed by atoms with Crippen molar-refractivity contribution in [1.29, 1.82) is 0 Å². The highest BCUT2D eigenvalue weighted by molar-refractivity contribution is 6.30. The molecule has 0 saturated carbocycles. The number of pyridine rings is 1. The van der Waals surface area contributed by atoms with Gasteiger partial charge in [-0.2, -0.15) is 0 Å². The van der Waals surface area contributed by atoms with Crippen LogP contribution in [0.25, 0.3) is 0 Å². The van der Waals surface area contributed by atoms with Gasteiger partial charge >= 0.3 is 0 Å². The van der Waals surface area contributed by atoms with Gasteiger partial charge in [-0.05, 0) is 43.0 Å². The third-order valence-electron chi connectivity index (χ3n) is 5.36. The van der Waals surface area contributed by atoms with Gasteiger partial charge in [0.1, 0.15) is 11.6 Å². The smallest absolute Gasteiger partial charge is 0.251 e. The van der Waals surface area contributed by atoms with Crippen molar-refractivity contribution in [2.24, 2.45) is 5.92 Å². The molecule has 1 fully saturated rings. The fraction of sp³-hybridized carbons (Fsp3) is 0.409. The van der Waals surface area contributed by atoms with Crippen molar-refractivity contribution in [1.82, 2.24) is 15.2 Å². The van der Waals surface area contributed by atoms with Crippen molar-refractivity contribution in [2.75, 3.05) is 13.1 Å². The fourth-order valence-corrected chi connectivity index (χ4v) is 3.64. The molecule has 2 heterocycles. The largest absolute Gasteiger partial charge is 0.383 e. The number of amides is 2. The van der Waals surface area contributed by atoms with Crippen LogP contribution in [0.3, 0.4) is 0 Å². The van der Waals surface area contributed by atoms with Crippen molar-refractivity contribution >= 4 is 23.4 Å². The third-order valence-corrected chi connectivity index (χ3v) is 5.59. The number of aliphatic hydroxyl groups is 1. The Morgan fingerprint density at radius 2 is 1.79 bits per heavy atom. The Labute approximate surface area is 175 Å². The number of carbonyl (C=O) groups excluding carboxylic acids is 2. The molecule has 0 spiro atoms. The maximum absolute atomic E-state index is 13.1. The predicted molar refractivity (Wildman–Crippen MR) is 111 cm³/mol. The lowest BCUT2D eigenvalue weighted by molar-refractivity contribution is -0.139. The molecular weight excluding hydrogens is 390 g/mol. The number of rotatable bonds is 5. The summed E-state index contributed by atoms with van der Waals surface area (Å²) in [6, 6.07) is 11.7. The summed E-state index contributed by atoms with van der Waals surface area (Å²) < 4.78 is 0. The Kier molecular flexibility index (Phi) is 6.55. The summed E-state index contributed by atoms with van der Waals surface area (Å²) in [5.41, 5.74) is 0.00157. The van der Waals surface area contributed by atoms with Crippen LogP contribution in [0.2, 0.25) is 5.02 Å². The molecule has 6 nitrogen and oxygen atoms in total. The standard InChI is InChI=1S/C22H26ClN3O3/c1-15(2)19(25-20(27)16-6-4-3-5-7-16)21(28)26-12-10-22(29,11-13-26)18-9-8-17(23)14-24-18/h3-9,14-15,19,29H,10-13H2,1-2H3,(H,25,27). The van der Waals surface area contributed by atoms with Crippen LogP contribution in [0.1, 0.15) is 42.7 Å². The minimum absolute atomic E-state index is 0.0612. The fourth-order valence-electron chi connectivity index (χ4n) is 3.53. The number of hydrogen-bond donors (Lipinski definition) is 2. The normalized spacial score (nSPS) is 17.1. The van der Waals surface area contributed by atoms with Gasteiger partial charge in [-0.1, -0.05) is 43.6 Å². The number of hydrogen-bond acceptors (Lipinski definition) is 4. The first-order valence-corrected chi connectivity index (χ1v) is 10.2. The molecule has 0 radical (unpaired) electrons. The molecule has 1 unspecified atom stereocenters. The van der Waals surface area contributed by atoms with Crippen LogP contribution in [0, 0.1) is 5.92 Å². The summed E-state index contributed by atoms with van der Waals surface area (Å²) in [5.74, 6) is -0.458. The number of nitrogens with zero attached hydrogens (tertiary/aromatic N) is 2. The highest BCUT2D eigenvalue weighted by Gasteiger charge is 2.38. The number of aromatic nitrogens is 1. The molecule has 154 valence electrons. The average Bonchev–Trinajstić information content (AvgIpc) is 2.72. The summed E-state index contributed by atoms with van der Waals surface area (Å²) in [4.78, 5) is 31.6. The van der Waals surface area contributed by atoms with E-state index in [1.165, 1.54) is 6.20 Å². The molecule has 2 aromatic rings. The molecule has 7 heteroatoms. The Bertz CT molecular complexity index is 847. The molecule has 1 aliphatic heterocycles. The van der Waals surface area contributed by atoms with E-state index in [-0.39, 0.29) is 17.7 Å². The van der Waals surface area contributed by atoms with Crippen LogP contribution in [-0.2, 0) is 10.4 Å². The summed E-state index contributed by atoms with van der Waals surface area (Å²) in [6.07, 6.45) is 2.27. The number of likely N-dealkylation sites (tertiary alicyclic amines) is 1. The van der Waals surface area contributed by atoms with Crippen LogP contribution < -0.4 is 5.32 Å². The molecule has 0 aliphatic carbocycles. The average molecular weight is 416 g/mol. The Morgan fingerprint density at radius 3 is 2.34 bits per heavy atom. The quantitative estimate of drug-likeness (QED) is 0.786. The molecule has 2 amide bonds. The summed E-state index contributed by atoms with van der Waals surface area (Å²) in [6.45, 7) is 4.60. The Balaban J connectivity index is 1.65. The van der Waals surface area contributed by atoms with Gasteiger partial charge < -0.3 is 15.3 Å². The molecule has 0 bridgehead atoms. The van der Waals surface area contributed by atoms with Gasteiger partial charge in [0.25, 0.3) is 5.91 Å². The summed E-state index contributed by atoms with van der Waals surface area (Å²) in [5, 5.41) is 14.3. The first kappa shape index (κ1) is 21.3. The molecule has 1 aromatic carbocycles. The number of carbonyl (C=O) groups is 2. The maximum atomic E-state index is 13.1. The van der Waals surface area contributed by atoms with Gasteiger partial charge in [0.15, 0.2) is 0 Å². The van der Waals surface area contributed by atoms with E-state index in [4.69, 9.17) is 11.6 Å². The molecule has 2 N–H and O–H groups in total. The molecule has 1 aromatic heterocycles. The second kappa shape index (κ2) is 8.93. The SMILES string of the molecule is CC(C)C(NC(=O)c1ccccc1)C(=O)N1CCC(O)(c2ccc(Cl)cn2)CC1. The van der Waals surface area contributed by atoms with Gasteiger partial charge in [-0.3, -0.25) is 14.6 Å². The lowest BCUT2D eigenvalue weighted by atomic mass is 9.87. The second-order valence-electron chi connectivity index (χ2n) is 7.78. The van der Waals surface area contributed by atoms with E-state index >= 15 is 0 Å². The lowest BCUT2D eigenvalue weighted by Gasteiger charge is -2.39. The zero-order valence-electron chi connectivity index (χ0n) is 16.6. The molecule has 1 atom stereocenters. The van der Waals surface area contributed by atoms with E-state index in [0.29, 0.717) is 42.2 Å². The van der Waals surface area contributed by atoms with E-state index in [1.54, 1.807) is 41.3 Å². The van der Waals surface area contributed by atoms with Crippen LogP contribution in [0.5, 0.6) is 0 Å². The van der Waals surface area contributed by atoms with Crippen molar-refractivity contribution < 1.29 is 14.7 Å². The second-order valence-corrected chi connectivity index (χ2v) is 8.22. The van der Waals surface area contributed by atoms with Crippen LogP contribution in [-0.4, -0.2) is 45.9 Å². The van der Waals surface area contributed by atoms with E-state index in [0.717, 1.165) is 0 Å². The monoisotopic (exact) mass is 415 g/mol. The maximum Gasteiger partial charge on any atom is 0.251 e. The summed E-state index contributed by atoms with van der Waals surface area (Å²) >= 11 is 5.88. The van der Waals surface area contributed by atoms with E-state index in [2.05, 4.69) is 10.3 Å². The van der Waals surface area contributed by atoms with Gasteiger partial charge in [0.05, 0.1) is 10.7 Å². The van der Waals surface area contributed by atoms with Gasteiger partial charge in [0, 0.05) is 24.8 Å². The van der Waals surface area contributed by atoms with Gasteiger partial charge in [-0.15, -0.1) is 0 Å². The minimum Gasteiger partial charge on any atom is -0.383 e. The molecule has 3 rings (SSSR count). The molecular formula is C22H26ClN3O3. The highest BCUT2D eigenvalue weighted by atomic mass is 35.5. The molecule has 1 aliphatic rings. The third kappa shape index (κ3) is 4.95. The number of benzene rings is 1. The lowest BCUT2D eigenvalue weighted by Crippen LogP contribution is -2.54. The highest BCUT2D eigenvalue weighted by Crippen LogP contribution is 2.32. The summed E-state index contributed by atoms with van der Waals surface area (Å²) in [7, 11) is 0. The van der Waals surface area contributed by atoms with Crippen LogP contribution >= 0.6 is 11.6 Å². The van der Waals surface area contributed by atoms with Crippen LogP contribution in [0.4, 0.5) is 0 Å². The topological polar surface area (TPSA) is 82.5 Å². The van der Waals surface area contributed by atoms with Crippen molar-refractivity contribution in [3.8, 4) is 0 Å². The zero-order valence-corrected chi connectivity index (χ0v) is 17.4. The molecule has 29 heavy (non-hydrogen) atoms. The van der Waals surface area contributed by atoms with E-state index in [1.807, 2.05) is 19.9 Å². The first-order valence-electron chi connectivity index (χ1n) is 9.79. The Morgan fingerprint density at radius 1 is 1.14 bits per heavy atom. The number of nitrogens with one attached hydrogen (secondary N) is 1. The number of piperidine rings is 1. The Hall–Kier alpha value is -2.44. The minimum atomic E-state index is -1.08. The van der Waals surface area contributed by atoms with Crippen molar-refractivity contribution in [2.45, 2.75) is 38.3 Å². The van der Waals surface area contributed by atoms with Crippen LogP contribution in [0.15, 0.2) is 48.7 Å². The zero-order chi connectivity index (χ0) is 21.0. The van der Waals surface area contributed by atoms with Crippen molar-refractivity contribution in [3.63, 3.8) is 0 Å². The van der Waals surface area contributed by atoms with Gasteiger partial charge in [-0.25, -0.2) is 0 Å².